The molecule has 0 aliphatic heterocycles. The third-order valence-corrected chi connectivity index (χ3v) is 4.26. The molecule has 1 aromatic carbocycles. The van der Waals surface area contributed by atoms with Crippen LogP contribution >= 0.6 is 23.8 Å². The van der Waals surface area contributed by atoms with E-state index >= 15 is 0 Å². The van der Waals surface area contributed by atoms with Crippen molar-refractivity contribution >= 4 is 51.2 Å². The van der Waals surface area contributed by atoms with Crippen LogP contribution in [-0.2, 0) is 0 Å². The van der Waals surface area contributed by atoms with E-state index in [2.05, 4.69) is 31.1 Å². The highest BCUT2D eigenvalue weighted by molar-refractivity contribution is 7.80. The number of nitrogens with zero attached hydrogens (tertiary/aromatic N) is 3. The van der Waals surface area contributed by atoms with Crippen molar-refractivity contribution in [1.29, 1.82) is 0 Å². The first-order valence-electron chi connectivity index (χ1n) is 8.41. The van der Waals surface area contributed by atoms with Gasteiger partial charge in [-0.1, -0.05) is 17.7 Å². The van der Waals surface area contributed by atoms with Crippen LogP contribution in [0.15, 0.2) is 60.0 Å². The summed E-state index contributed by atoms with van der Waals surface area (Å²) in [7, 11) is 0. The summed E-state index contributed by atoms with van der Waals surface area (Å²) in [5.41, 5.74) is 6.26. The van der Waals surface area contributed by atoms with Gasteiger partial charge in [-0.25, -0.2) is 0 Å². The first-order chi connectivity index (χ1) is 13.1. The maximum atomic E-state index is 6.02. The number of hydrogen-bond donors (Lipinski definition) is 3. The molecule has 0 radical (unpaired) electrons. The van der Waals surface area contributed by atoms with Crippen molar-refractivity contribution in [2.75, 3.05) is 18.4 Å². The minimum absolute atomic E-state index is 0.457. The second-order valence-corrected chi connectivity index (χ2v) is 6.57. The zero-order chi connectivity index (χ0) is 19.1. The Morgan fingerprint density at radius 3 is 2.81 bits per heavy atom. The summed E-state index contributed by atoms with van der Waals surface area (Å²) < 4.78 is 0. The van der Waals surface area contributed by atoms with Gasteiger partial charge in [0.15, 0.2) is 5.11 Å². The number of rotatable bonds is 6. The molecule has 0 aliphatic rings. The molecule has 0 saturated heterocycles. The lowest BCUT2D eigenvalue weighted by Crippen LogP contribution is -2.35. The molecule has 3 aromatic rings. The van der Waals surface area contributed by atoms with Crippen molar-refractivity contribution in [3.8, 4) is 0 Å². The molecular weight excluding hydrogens is 380 g/mol. The molecule has 2 heterocycles. The predicted molar refractivity (Wildman–Crippen MR) is 115 cm³/mol. The van der Waals surface area contributed by atoms with Crippen molar-refractivity contribution in [2.45, 2.75) is 6.92 Å². The van der Waals surface area contributed by atoms with E-state index in [0.717, 1.165) is 28.0 Å². The van der Waals surface area contributed by atoms with Crippen LogP contribution in [0.1, 0.15) is 12.6 Å². The summed E-state index contributed by atoms with van der Waals surface area (Å²) in [5, 5.41) is 12.9. The van der Waals surface area contributed by atoms with E-state index in [0.29, 0.717) is 23.2 Å². The lowest BCUT2D eigenvalue weighted by Gasteiger charge is -2.11. The number of hydrogen-bond acceptors (Lipinski definition) is 5. The molecule has 0 saturated carbocycles. The number of nitrogens with one attached hydrogen (secondary N) is 3. The molecule has 3 rings (SSSR count). The summed E-state index contributed by atoms with van der Waals surface area (Å²) in [6.07, 6.45) is 3.49. The minimum Gasteiger partial charge on any atom is -0.383 e. The molecule has 8 heteroatoms. The Bertz CT molecular complexity index is 961. The Morgan fingerprint density at radius 2 is 2.00 bits per heavy atom. The van der Waals surface area contributed by atoms with Gasteiger partial charge >= 0.3 is 0 Å². The van der Waals surface area contributed by atoms with Crippen molar-refractivity contribution in [2.24, 2.45) is 5.10 Å². The van der Waals surface area contributed by atoms with Crippen molar-refractivity contribution in [3.05, 3.63) is 65.6 Å². The highest BCUT2D eigenvalue weighted by Gasteiger charge is 2.03. The third-order valence-electron chi connectivity index (χ3n) is 3.79. The standard InChI is InChI=1S/C19H19ClN6S/c1-13(16-4-2-3-8-21-16)25-26-19(27)24-11-10-23-17-7-9-22-18-12-14(20)5-6-15(17)18/h2-9,12H,10-11H2,1H3,(H,22,23)(H2,24,26,27)/b25-13+. The smallest absolute Gasteiger partial charge is 0.187 e. The van der Waals surface area contributed by atoms with Gasteiger partial charge in [-0.15, -0.1) is 0 Å². The fourth-order valence-electron chi connectivity index (χ4n) is 2.46. The molecule has 2 aromatic heterocycles. The average molecular weight is 399 g/mol. The molecule has 0 aliphatic carbocycles. The summed E-state index contributed by atoms with van der Waals surface area (Å²) in [4.78, 5) is 8.57. The number of thiocarbonyl (C=S) groups is 1. The van der Waals surface area contributed by atoms with Crippen LogP contribution in [-0.4, -0.2) is 33.9 Å². The molecule has 27 heavy (non-hydrogen) atoms. The Morgan fingerprint density at radius 1 is 1.11 bits per heavy atom. The normalized spacial score (nSPS) is 11.3. The first kappa shape index (κ1) is 19.0. The SMILES string of the molecule is C/C(=N\NC(=S)NCCNc1ccnc2cc(Cl)ccc12)c1ccccn1. The molecule has 138 valence electrons. The largest absolute Gasteiger partial charge is 0.383 e. The molecule has 6 nitrogen and oxygen atoms in total. The maximum Gasteiger partial charge on any atom is 0.187 e. The van der Waals surface area contributed by atoms with E-state index in [1.165, 1.54) is 0 Å². The van der Waals surface area contributed by atoms with Gasteiger partial charge in [0.25, 0.3) is 0 Å². The van der Waals surface area contributed by atoms with Gasteiger partial charge in [0.1, 0.15) is 0 Å². The van der Waals surface area contributed by atoms with Crippen LogP contribution < -0.4 is 16.1 Å². The zero-order valence-electron chi connectivity index (χ0n) is 14.7. The number of fused-ring (bicyclic) bond motifs is 1. The number of pyridine rings is 2. The number of aromatic nitrogens is 2. The predicted octanol–water partition coefficient (Wildman–Crippen LogP) is 3.58. The molecule has 0 bridgehead atoms. The summed E-state index contributed by atoms with van der Waals surface area (Å²) in [6, 6.07) is 13.3. The third kappa shape index (κ3) is 5.35. The van der Waals surface area contributed by atoms with E-state index < -0.39 is 0 Å². The molecule has 0 fully saturated rings. The van der Waals surface area contributed by atoms with Crippen LogP contribution in [0, 0.1) is 0 Å². The number of hydrazone groups is 1. The molecule has 0 spiro atoms. The van der Waals surface area contributed by atoms with Gasteiger partial charge in [0, 0.05) is 41.6 Å². The van der Waals surface area contributed by atoms with Gasteiger partial charge in [-0.3, -0.25) is 15.4 Å². The zero-order valence-corrected chi connectivity index (χ0v) is 16.3. The van der Waals surface area contributed by atoms with Gasteiger partial charge in [-0.05, 0) is 55.5 Å². The quantitative estimate of drug-likeness (QED) is 0.255. The monoisotopic (exact) mass is 398 g/mol. The Labute approximate surface area is 168 Å². The molecule has 0 amide bonds. The molecule has 0 unspecified atom stereocenters. The van der Waals surface area contributed by atoms with E-state index in [9.17, 15) is 0 Å². The maximum absolute atomic E-state index is 6.02. The summed E-state index contributed by atoms with van der Waals surface area (Å²) in [5.74, 6) is 0. The van der Waals surface area contributed by atoms with E-state index in [1.54, 1.807) is 12.4 Å². The van der Waals surface area contributed by atoms with Gasteiger partial charge < -0.3 is 10.6 Å². The van der Waals surface area contributed by atoms with Crippen LogP contribution in [0.5, 0.6) is 0 Å². The number of benzene rings is 1. The Hall–Kier alpha value is -2.77. The fraction of sp³-hybridized carbons (Fsp3) is 0.158. The van der Waals surface area contributed by atoms with Crippen molar-refractivity contribution < 1.29 is 0 Å². The molecular formula is C19H19ClN6S. The van der Waals surface area contributed by atoms with E-state index in [4.69, 9.17) is 23.8 Å². The molecule has 3 N–H and O–H groups in total. The van der Waals surface area contributed by atoms with E-state index in [1.807, 2.05) is 49.4 Å². The molecule has 0 atom stereocenters. The van der Waals surface area contributed by atoms with Gasteiger partial charge in [-0.2, -0.15) is 5.10 Å². The summed E-state index contributed by atoms with van der Waals surface area (Å²) in [6.45, 7) is 3.20. The van der Waals surface area contributed by atoms with Gasteiger partial charge in [0.2, 0.25) is 0 Å². The lowest BCUT2D eigenvalue weighted by atomic mass is 10.2. The number of halogens is 1. The van der Waals surface area contributed by atoms with Crippen molar-refractivity contribution in [1.82, 2.24) is 20.7 Å². The highest BCUT2D eigenvalue weighted by Crippen LogP contribution is 2.23. The minimum atomic E-state index is 0.457. The second kappa shape index (κ2) is 9.25. The van der Waals surface area contributed by atoms with Crippen LogP contribution in [0.25, 0.3) is 10.9 Å². The van der Waals surface area contributed by atoms with E-state index in [-0.39, 0.29) is 0 Å². The van der Waals surface area contributed by atoms with Crippen LogP contribution in [0.4, 0.5) is 5.69 Å². The van der Waals surface area contributed by atoms with Crippen LogP contribution in [0.3, 0.4) is 0 Å². The average Bonchev–Trinajstić information content (AvgIpc) is 2.69. The Balaban J connectivity index is 1.47. The summed E-state index contributed by atoms with van der Waals surface area (Å²) >= 11 is 11.3. The second-order valence-electron chi connectivity index (χ2n) is 5.73. The lowest BCUT2D eigenvalue weighted by molar-refractivity contribution is 0.866. The first-order valence-corrected chi connectivity index (χ1v) is 9.20. The fourth-order valence-corrected chi connectivity index (χ4v) is 2.77. The Kier molecular flexibility index (Phi) is 6.51. The van der Waals surface area contributed by atoms with Crippen molar-refractivity contribution in [3.63, 3.8) is 0 Å². The topological polar surface area (TPSA) is 74.2 Å². The highest BCUT2D eigenvalue weighted by atomic mass is 35.5. The number of anilines is 1. The van der Waals surface area contributed by atoms with Gasteiger partial charge in [0.05, 0.1) is 16.9 Å². The van der Waals surface area contributed by atoms with Crippen LogP contribution in [0.2, 0.25) is 5.02 Å².